The van der Waals surface area contributed by atoms with Crippen LogP contribution in [0, 0.1) is 0 Å². The largest absolute Gasteiger partial charge is 0.316 e. The Morgan fingerprint density at radius 2 is 1.96 bits per heavy atom. The van der Waals surface area contributed by atoms with E-state index in [1.54, 1.807) is 0 Å². The Hall–Kier alpha value is -2.06. The van der Waals surface area contributed by atoms with Crippen LogP contribution in [0.4, 0.5) is 0 Å². The molecule has 0 radical (unpaired) electrons. The average Bonchev–Trinajstić information content (AvgIpc) is 2.83. The molecule has 0 unspecified atom stereocenters. The molecule has 0 spiro atoms. The Morgan fingerprint density at radius 1 is 1.22 bits per heavy atom. The molecule has 0 aliphatic rings. The van der Waals surface area contributed by atoms with Crippen molar-refractivity contribution in [3.05, 3.63) is 76.5 Å². The molecule has 0 fully saturated rings. The molecule has 0 amide bonds. The summed E-state index contributed by atoms with van der Waals surface area (Å²) in [5.74, 6) is 0. The second-order valence-electron chi connectivity index (χ2n) is 5.37. The minimum absolute atomic E-state index is 1.09. The van der Waals surface area contributed by atoms with Crippen LogP contribution in [0.3, 0.4) is 0 Å². The van der Waals surface area contributed by atoms with Crippen molar-refractivity contribution in [2.45, 2.75) is 20.8 Å². The van der Waals surface area contributed by atoms with E-state index in [0.717, 1.165) is 10.2 Å². The van der Waals surface area contributed by atoms with Gasteiger partial charge in [0.15, 0.2) is 0 Å². The van der Waals surface area contributed by atoms with E-state index in [0.29, 0.717) is 0 Å². The van der Waals surface area contributed by atoms with Gasteiger partial charge in [-0.1, -0.05) is 58.9 Å². The summed E-state index contributed by atoms with van der Waals surface area (Å²) in [4.78, 5) is 0. The summed E-state index contributed by atoms with van der Waals surface area (Å²) < 4.78 is 3.29. The number of nitrogens with zero attached hydrogens (tertiary/aromatic N) is 1. The Kier molecular flexibility index (Phi) is 6.00. The van der Waals surface area contributed by atoms with Gasteiger partial charge >= 0.3 is 0 Å². The van der Waals surface area contributed by atoms with Crippen LogP contribution in [0.25, 0.3) is 29.3 Å². The molecule has 2 aromatic rings. The van der Waals surface area contributed by atoms with Crippen LogP contribution in [0.2, 0.25) is 0 Å². The van der Waals surface area contributed by atoms with Gasteiger partial charge in [0.1, 0.15) is 0 Å². The van der Waals surface area contributed by atoms with Crippen molar-refractivity contribution in [1.29, 1.82) is 0 Å². The van der Waals surface area contributed by atoms with E-state index in [4.69, 9.17) is 0 Å². The molecule has 0 bridgehead atoms. The van der Waals surface area contributed by atoms with Gasteiger partial charge < -0.3 is 4.57 Å². The molecule has 2 heteroatoms. The standard InChI is InChI=1S/C21H22BrN/c1-5-7-10-16(3)13-14-23-20(6-2)19(15-17(4)22)18-11-8-9-12-21(18)23/h5-15H,2H2,1,3-4H3/b7-5-,14-13+,16-10-,17-15+. The fourth-order valence-corrected chi connectivity index (χ4v) is 2.75. The first-order valence-corrected chi connectivity index (χ1v) is 8.44. The van der Waals surface area contributed by atoms with Gasteiger partial charge in [0.25, 0.3) is 0 Å². The van der Waals surface area contributed by atoms with Crippen molar-refractivity contribution in [3.63, 3.8) is 0 Å². The van der Waals surface area contributed by atoms with Gasteiger partial charge in [-0.25, -0.2) is 0 Å². The minimum Gasteiger partial charge on any atom is -0.316 e. The second kappa shape index (κ2) is 7.98. The van der Waals surface area contributed by atoms with Crippen molar-refractivity contribution in [2.75, 3.05) is 0 Å². The number of para-hydroxylation sites is 1. The molecule has 0 saturated heterocycles. The number of benzene rings is 1. The van der Waals surface area contributed by atoms with Crippen LogP contribution in [0.1, 0.15) is 32.0 Å². The van der Waals surface area contributed by atoms with E-state index in [9.17, 15) is 0 Å². The highest BCUT2D eigenvalue weighted by Crippen LogP contribution is 2.30. The Balaban J connectivity index is 2.66. The fraction of sp³-hybridized carbons (Fsp3) is 0.143. The van der Waals surface area contributed by atoms with Gasteiger partial charge in [0.05, 0.1) is 11.2 Å². The molecule has 0 aliphatic carbocycles. The van der Waals surface area contributed by atoms with Crippen molar-refractivity contribution < 1.29 is 0 Å². The van der Waals surface area contributed by atoms with Crippen molar-refractivity contribution >= 4 is 45.2 Å². The van der Waals surface area contributed by atoms with Crippen molar-refractivity contribution in [1.82, 2.24) is 4.57 Å². The van der Waals surface area contributed by atoms with Crippen molar-refractivity contribution in [2.24, 2.45) is 0 Å². The molecule has 1 heterocycles. The lowest BCUT2D eigenvalue weighted by Crippen LogP contribution is -1.90. The molecule has 23 heavy (non-hydrogen) atoms. The zero-order valence-corrected chi connectivity index (χ0v) is 15.5. The lowest BCUT2D eigenvalue weighted by Gasteiger charge is -2.02. The fourth-order valence-electron chi connectivity index (χ4n) is 2.52. The smallest absolute Gasteiger partial charge is 0.0534 e. The maximum absolute atomic E-state index is 4.01. The SMILES string of the molecule is C=Cc1c(/C=C(\C)Br)c2ccccc2n1/C=C/C(C)=C\C=C/C. The summed E-state index contributed by atoms with van der Waals surface area (Å²) in [6, 6.07) is 8.42. The molecular weight excluding hydrogens is 346 g/mol. The van der Waals surface area contributed by atoms with Crippen LogP contribution < -0.4 is 0 Å². The number of allylic oxidation sites excluding steroid dienone is 6. The van der Waals surface area contributed by atoms with Crippen LogP contribution in [-0.4, -0.2) is 4.57 Å². The first kappa shape index (κ1) is 17.3. The Morgan fingerprint density at radius 3 is 2.61 bits per heavy atom. The third-order valence-corrected chi connectivity index (χ3v) is 3.79. The molecule has 118 valence electrons. The molecule has 1 nitrogen and oxygen atoms in total. The second-order valence-corrected chi connectivity index (χ2v) is 6.62. The Bertz CT molecular complexity index is 825. The molecule has 1 aromatic heterocycles. The van der Waals surface area contributed by atoms with E-state index in [1.807, 2.05) is 32.1 Å². The normalized spacial score (nSPS) is 13.6. The quantitative estimate of drug-likeness (QED) is 0.499. The van der Waals surface area contributed by atoms with E-state index < -0.39 is 0 Å². The lowest BCUT2D eigenvalue weighted by molar-refractivity contribution is 1.19. The van der Waals surface area contributed by atoms with Gasteiger partial charge in [-0.05, 0) is 55.1 Å². The highest BCUT2D eigenvalue weighted by Gasteiger charge is 2.11. The molecule has 0 atom stereocenters. The van der Waals surface area contributed by atoms with Gasteiger partial charge in [-0.3, -0.25) is 0 Å². The van der Waals surface area contributed by atoms with E-state index in [2.05, 4.69) is 82.7 Å². The summed E-state index contributed by atoms with van der Waals surface area (Å²) in [7, 11) is 0. The van der Waals surface area contributed by atoms with Crippen LogP contribution in [-0.2, 0) is 0 Å². The summed E-state index contributed by atoms with van der Waals surface area (Å²) in [6.45, 7) is 10.2. The lowest BCUT2D eigenvalue weighted by atomic mass is 10.1. The Labute approximate surface area is 147 Å². The number of aromatic nitrogens is 1. The maximum Gasteiger partial charge on any atom is 0.0534 e. The summed E-state index contributed by atoms with van der Waals surface area (Å²) in [6.07, 6.45) is 14.5. The summed E-state index contributed by atoms with van der Waals surface area (Å²) in [5.41, 5.74) is 4.66. The molecule has 0 aliphatic heterocycles. The molecular formula is C21H22BrN. The molecule has 0 N–H and O–H groups in total. The van der Waals surface area contributed by atoms with Crippen LogP contribution in [0.5, 0.6) is 0 Å². The topological polar surface area (TPSA) is 4.93 Å². The number of hydrogen-bond donors (Lipinski definition) is 0. The van der Waals surface area contributed by atoms with Crippen LogP contribution >= 0.6 is 15.9 Å². The van der Waals surface area contributed by atoms with E-state index >= 15 is 0 Å². The van der Waals surface area contributed by atoms with E-state index in [1.165, 1.54) is 22.0 Å². The first-order chi connectivity index (χ1) is 11.1. The average molecular weight is 368 g/mol. The predicted octanol–water partition coefficient (Wildman–Crippen LogP) is 7.03. The van der Waals surface area contributed by atoms with E-state index in [-0.39, 0.29) is 0 Å². The summed E-state index contributed by atoms with van der Waals surface area (Å²) >= 11 is 3.54. The number of halogens is 1. The number of fused-ring (bicyclic) bond motifs is 1. The predicted molar refractivity (Wildman–Crippen MR) is 109 cm³/mol. The van der Waals surface area contributed by atoms with Gasteiger partial charge in [0, 0.05) is 17.1 Å². The molecule has 0 saturated carbocycles. The zero-order chi connectivity index (χ0) is 16.8. The minimum atomic E-state index is 1.09. The monoisotopic (exact) mass is 367 g/mol. The van der Waals surface area contributed by atoms with Crippen LogP contribution in [0.15, 0.2) is 65.2 Å². The summed E-state index contributed by atoms with van der Waals surface area (Å²) in [5, 5.41) is 1.22. The first-order valence-electron chi connectivity index (χ1n) is 7.65. The van der Waals surface area contributed by atoms with Gasteiger partial charge in [-0.15, -0.1) is 0 Å². The van der Waals surface area contributed by atoms with Gasteiger partial charge in [0.2, 0.25) is 0 Å². The third kappa shape index (κ3) is 4.02. The maximum atomic E-state index is 4.01. The van der Waals surface area contributed by atoms with Gasteiger partial charge in [-0.2, -0.15) is 0 Å². The number of rotatable bonds is 5. The molecule has 2 rings (SSSR count). The zero-order valence-electron chi connectivity index (χ0n) is 13.9. The molecule has 1 aromatic carbocycles. The number of hydrogen-bond acceptors (Lipinski definition) is 0. The third-order valence-electron chi connectivity index (χ3n) is 3.56. The van der Waals surface area contributed by atoms with Crippen molar-refractivity contribution in [3.8, 4) is 0 Å². The highest BCUT2D eigenvalue weighted by atomic mass is 79.9. The highest BCUT2D eigenvalue weighted by molar-refractivity contribution is 9.11.